The maximum Gasteiger partial charge on any atom is 0.264 e. The van der Waals surface area contributed by atoms with Gasteiger partial charge in [0, 0.05) is 18.2 Å². The van der Waals surface area contributed by atoms with Crippen molar-refractivity contribution < 1.29 is 14.3 Å². The van der Waals surface area contributed by atoms with Crippen LogP contribution in [0.25, 0.3) is 22.6 Å². The van der Waals surface area contributed by atoms with E-state index in [9.17, 15) is 4.79 Å². The third-order valence-corrected chi connectivity index (χ3v) is 6.96. The number of pyridine rings is 1. The molecule has 5 aromatic rings. The monoisotopic (exact) mass is 571 g/mol. The number of hydrogen-bond donors (Lipinski definition) is 1. The second kappa shape index (κ2) is 12.6. The van der Waals surface area contributed by atoms with Crippen LogP contribution in [0.1, 0.15) is 35.9 Å². The Kier molecular flexibility index (Phi) is 8.15. The molecule has 0 saturated heterocycles. The minimum Gasteiger partial charge on any atom is -0.484 e. The summed E-state index contributed by atoms with van der Waals surface area (Å²) in [6.07, 6.45) is 9.74. The molecule has 6 rings (SSSR count). The average Bonchev–Trinajstić information content (AvgIpc) is 3.77. The first kappa shape index (κ1) is 27.8. The van der Waals surface area contributed by atoms with Crippen molar-refractivity contribution in [3.63, 3.8) is 0 Å². The van der Waals surface area contributed by atoms with Crippen LogP contribution in [0, 0.1) is 18.3 Å². The van der Waals surface area contributed by atoms with Gasteiger partial charge in [-0.05, 0) is 61.2 Å². The summed E-state index contributed by atoms with van der Waals surface area (Å²) in [6.45, 7) is 0.219. The van der Waals surface area contributed by atoms with Gasteiger partial charge in [0.2, 0.25) is 5.95 Å². The number of nitrogens with zero attached hydrogens (tertiary/aromatic N) is 6. The highest BCUT2D eigenvalue weighted by Gasteiger charge is 2.33. The Hall–Kier alpha value is -5.40. The molecule has 0 radical (unpaired) electrons. The summed E-state index contributed by atoms with van der Waals surface area (Å²) in [5.41, 5.74) is 4.81. The number of carbonyl (C=O) groups excluding carboxylic acids is 1. The maximum absolute atomic E-state index is 12.7. The van der Waals surface area contributed by atoms with E-state index in [1.165, 1.54) is 0 Å². The Morgan fingerprint density at radius 1 is 1.00 bits per heavy atom. The number of ether oxygens (including phenoxy) is 2. The smallest absolute Gasteiger partial charge is 0.264 e. The highest BCUT2D eigenvalue weighted by atomic mass is 16.5. The van der Waals surface area contributed by atoms with Gasteiger partial charge in [-0.15, -0.1) is 11.5 Å². The number of amides is 1. The number of carbonyl (C=O) groups is 1. The SMILES string of the molecule is C#Cc1cccc(-c2cc(-c3cn(Cc4cccc(C(OC)C5CC5)n4)nn3)nc(NC(=O)COc3ccccc3)n2)c1. The fraction of sp³-hybridized carbons (Fsp3) is 0.212. The lowest BCUT2D eigenvalue weighted by molar-refractivity contribution is -0.118. The van der Waals surface area contributed by atoms with Crippen molar-refractivity contribution in [1.82, 2.24) is 29.9 Å². The zero-order valence-corrected chi connectivity index (χ0v) is 23.6. The van der Waals surface area contributed by atoms with Crippen molar-refractivity contribution in [2.45, 2.75) is 25.5 Å². The molecule has 10 heteroatoms. The predicted molar refractivity (Wildman–Crippen MR) is 161 cm³/mol. The van der Waals surface area contributed by atoms with Gasteiger partial charge >= 0.3 is 0 Å². The molecular formula is C33H29N7O3. The highest BCUT2D eigenvalue weighted by Crippen LogP contribution is 2.42. The molecule has 1 N–H and O–H groups in total. The molecule has 10 nitrogen and oxygen atoms in total. The molecule has 1 fully saturated rings. The van der Waals surface area contributed by atoms with E-state index in [1.54, 1.807) is 36.2 Å². The summed E-state index contributed by atoms with van der Waals surface area (Å²) in [4.78, 5) is 26.7. The lowest BCUT2D eigenvalue weighted by Gasteiger charge is -2.14. The van der Waals surface area contributed by atoms with E-state index < -0.39 is 5.91 Å². The summed E-state index contributed by atoms with van der Waals surface area (Å²) in [6, 6.07) is 24.3. The van der Waals surface area contributed by atoms with E-state index in [1.807, 2.05) is 60.7 Å². The standard InChI is InChI=1S/C33H29N7O3/c1-3-22-9-7-10-24(17-22)28-18-29(36-33(35-28)37-31(41)21-43-26-12-5-4-6-13-26)30-20-40(39-38-30)19-25-11-8-14-27(34-25)32(42-2)23-15-16-23/h1,4-14,17-18,20,23,32H,15-16,19,21H2,2H3,(H,35,36,37,41). The van der Waals surface area contributed by atoms with Crippen LogP contribution in [0.5, 0.6) is 5.75 Å². The van der Waals surface area contributed by atoms with Gasteiger partial charge < -0.3 is 9.47 Å². The third-order valence-electron chi connectivity index (χ3n) is 6.96. The molecule has 1 aliphatic carbocycles. The molecule has 2 aromatic carbocycles. The highest BCUT2D eigenvalue weighted by molar-refractivity contribution is 5.90. The molecule has 1 unspecified atom stereocenters. The van der Waals surface area contributed by atoms with Gasteiger partial charge in [-0.25, -0.2) is 14.6 Å². The number of para-hydroxylation sites is 1. The van der Waals surface area contributed by atoms with Crippen molar-refractivity contribution in [1.29, 1.82) is 0 Å². The Balaban J connectivity index is 1.25. The third kappa shape index (κ3) is 6.92. The molecule has 1 atom stereocenters. The van der Waals surface area contributed by atoms with E-state index in [-0.39, 0.29) is 18.7 Å². The molecule has 3 heterocycles. The first-order chi connectivity index (χ1) is 21.1. The average molecular weight is 572 g/mol. The van der Waals surface area contributed by atoms with Crippen LogP contribution in [-0.4, -0.2) is 49.6 Å². The van der Waals surface area contributed by atoms with E-state index >= 15 is 0 Å². The van der Waals surface area contributed by atoms with E-state index in [0.717, 1.165) is 29.8 Å². The van der Waals surface area contributed by atoms with Crippen LogP contribution < -0.4 is 10.1 Å². The number of terminal acetylenes is 1. The molecule has 1 saturated carbocycles. The van der Waals surface area contributed by atoms with Crippen molar-refractivity contribution in [2.75, 3.05) is 19.0 Å². The fourth-order valence-corrected chi connectivity index (χ4v) is 4.73. The fourth-order valence-electron chi connectivity index (χ4n) is 4.73. The molecule has 214 valence electrons. The van der Waals surface area contributed by atoms with Crippen LogP contribution in [0.15, 0.2) is 85.1 Å². The molecule has 3 aromatic heterocycles. The first-order valence-corrected chi connectivity index (χ1v) is 13.9. The first-order valence-electron chi connectivity index (χ1n) is 13.9. The second-order valence-corrected chi connectivity index (χ2v) is 10.2. The van der Waals surface area contributed by atoms with Crippen molar-refractivity contribution >= 4 is 11.9 Å². The van der Waals surface area contributed by atoms with Gasteiger partial charge in [0.25, 0.3) is 5.91 Å². The maximum atomic E-state index is 12.7. The van der Waals surface area contributed by atoms with Gasteiger partial charge in [0.15, 0.2) is 6.61 Å². The quantitative estimate of drug-likeness (QED) is 0.222. The minimum atomic E-state index is -0.403. The molecule has 1 aliphatic rings. The van der Waals surface area contributed by atoms with Crippen LogP contribution in [-0.2, 0) is 16.1 Å². The molecule has 0 aliphatic heterocycles. The topological polar surface area (TPSA) is 117 Å². The molecule has 1 amide bonds. The van der Waals surface area contributed by atoms with E-state index in [4.69, 9.17) is 20.9 Å². The number of anilines is 1. The minimum absolute atomic E-state index is 0.00500. The van der Waals surface area contributed by atoms with Gasteiger partial charge in [-0.2, -0.15) is 0 Å². The lowest BCUT2D eigenvalue weighted by atomic mass is 10.1. The summed E-state index contributed by atoms with van der Waals surface area (Å²) in [5, 5.41) is 11.4. The number of nitrogens with one attached hydrogen (secondary N) is 1. The van der Waals surface area contributed by atoms with Crippen LogP contribution in [0.3, 0.4) is 0 Å². The summed E-state index contributed by atoms with van der Waals surface area (Å²) < 4.78 is 13.0. The molecule has 43 heavy (non-hydrogen) atoms. The zero-order valence-electron chi connectivity index (χ0n) is 23.6. The van der Waals surface area contributed by atoms with Gasteiger partial charge in [0.05, 0.1) is 35.5 Å². The summed E-state index contributed by atoms with van der Waals surface area (Å²) >= 11 is 0. The van der Waals surface area contributed by atoms with Crippen LogP contribution in [0.4, 0.5) is 5.95 Å². The summed E-state index contributed by atoms with van der Waals surface area (Å²) in [7, 11) is 1.73. The zero-order chi connectivity index (χ0) is 29.6. The summed E-state index contributed by atoms with van der Waals surface area (Å²) in [5.74, 6) is 3.46. The number of methoxy groups -OCH3 is 1. The Morgan fingerprint density at radius 2 is 1.81 bits per heavy atom. The number of aromatic nitrogens is 6. The van der Waals surface area contributed by atoms with E-state index in [2.05, 4.69) is 31.5 Å². The normalized spacial score (nSPS) is 13.2. The van der Waals surface area contributed by atoms with Gasteiger partial charge in [-0.3, -0.25) is 15.1 Å². The number of rotatable bonds is 11. The predicted octanol–water partition coefficient (Wildman–Crippen LogP) is 4.94. The van der Waals surface area contributed by atoms with Crippen molar-refractivity contribution in [3.8, 4) is 40.7 Å². The van der Waals surface area contributed by atoms with Gasteiger partial charge in [0.1, 0.15) is 17.5 Å². The lowest BCUT2D eigenvalue weighted by Crippen LogP contribution is -2.21. The largest absolute Gasteiger partial charge is 0.484 e. The Bertz CT molecular complexity index is 1780. The van der Waals surface area contributed by atoms with Gasteiger partial charge in [-0.1, -0.05) is 47.5 Å². The second-order valence-electron chi connectivity index (χ2n) is 10.2. The Morgan fingerprint density at radius 3 is 2.60 bits per heavy atom. The molecular weight excluding hydrogens is 542 g/mol. The number of hydrogen-bond acceptors (Lipinski definition) is 8. The Labute approximate surface area is 249 Å². The van der Waals surface area contributed by atoms with Crippen molar-refractivity contribution in [2.24, 2.45) is 5.92 Å². The van der Waals surface area contributed by atoms with Crippen molar-refractivity contribution in [3.05, 3.63) is 102 Å². The number of benzene rings is 2. The van der Waals surface area contributed by atoms with E-state index in [0.29, 0.717) is 40.9 Å². The van der Waals surface area contributed by atoms with Crippen LogP contribution >= 0.6 is 0 Å². The molecule has 0 spiro atoms. The molecule has 0 bridgehead atoms. The van der Waals surface area contributed by atoms with Crippen LogP contribution in [0.2, 0.25) is 0 Å².